The third kappa shape index (κ3) is 3.31. The van der Waals surface area contributed by atoms with Crippen molar-refractivity contribution in [2.24, 2.45) is 0 Å². The molecule has 0 saturated heterocycles. The zero-order chi connectivity index (χ0) is 15.5. The molecule has 0 atom stereocenters. The van der Waals surface area contributed by atoms with Crippen LogP contribution in [0.3, 0.4) is 0 Å². The number of hydrogen-bond acceptors (Lipinski definition) is 5. The fraction of sp³-hybridized carbons (Fsp3) is 0.176. The fourth-order valence-corrected chi connectivity index (χ4v) is 4.01. The number of Topliss-reactive ketones (excluding diaryl/α,β-unsaturated/α-hetero) is 1. The maximum absolute atomic E-state index is 12.1. The van der Waals surface area contributed by atoms with E-state index in [9.17, 15) is 4.79 Å². The molecule has 5 heteroatoms. The Morgan fingerprint density at radius 3 is 2.68 bits per heavy atom. The van der Waals surface area contributed by atoms with Crippen LogP contribution in [0.2, 0.25) is 0 Å². The van der Waals surface area contributed by atoms with Crippen LogP contribution in [-0.2, 0) is 0 Å². The molecule has 0 spiro atoms. The summed E-state index contributed by atoms with van der Waals surface area (Å²) < 4.78 is 2.09. The number of thioether (sulfide) groups is 1. The number of aromatic nitrogens is 1. The Morgan fingerprint density at radius 2 is 1.95 bits per heavy atom. The summed E-state index contributed by atoms with van der Waals surface area (Å²) in [6, 6.07) is 15.6. The van der Waals surface area contributed by atoms with Crippen molar-refractivity contribution in [2.75, 3.05) is 24.7 Å². The van der Waals surface area contributed by atoms with Crippen LogP contribution in [0.1, 0.15) is 10.4 Å². The Hall–Kier alpha value is -1.85. The van der Waals surface area contributed by atoms with Crippen molar-refractivity contribution in [2.45, 2.75) is 4.34 Å². The molecule has 2 aromatic carbocycles. The van der Waals surface area contributed by atoms with E-state index < -0.39 is 0 Å². The number of nitrogens with zero attached hydrogens (tertiary/aromatic N) is 2. The van der Waals surface area contributed by atoms with E-state index in [1.165, 1.54) is 11.8 Å². The number of anilines is 1. The highest BCUT2D eigenvalue weighted by Gasteiger charge is 2.10. The van der Waals surface area contributed by atoms with Gasteiger partial charge in [-0.05, 0) is 18.2 Å². The molecular formula is C17H16N2OS2. The quantitative estimate of drug-likeness (QED) is 0.515. The Labute approximate surface area is 138 Å². The Morgan fingerprint density at radius 1 is 1.18 bits per heavy atom. The van der Waals surface area contributed by atoms with E-state index in [-0.39, 0.29) is 5.78 Å². The van der Waals surface area contributed by atoms with Crippen molar-refractivity contribution in [3.8, 4) is 0 Å². The van der Waals surface area contributed by atoms with E-state index >= 15 is 0 Å². The first-order valence-electron chi connectivity index (χ1n) is 6.92. The van der Waals surface area contributed by atoms with Crippen LogP contribution in [0.15, 0.2) is 52.9 Å². The fourth-order valence-electron chi connectivity index (χ4n) is 2.07. The van der Waals surface area contributed by atoms with Crippen molar-refractivity contribution in [3.63, 3.8) is 0 Å². The molecule has 0 aliphatic rings. The molecule has 1 aromatic heterocycles. The highest BCUT2D eigenvalue weighted by atomic mass is 32.2. The number of carbonyl (C=O) groups excluding carboxylic acids is 1. The van der Waals surface area contributed by atoms with Gasteiger partial charge in [-0.25, -0.2) is 4.98 Å². The van der Waals surface area contributed by atoms with Crippen LogP contribution >= 0.6 is 23.1 Å². The van der Waals surface area contributed by atoms with Crippen molar-refractivity contribution < 1.29 is 4.79 Å². The maximum atomic E-state index is 12.1. The minimum absolute atomic E-state index is 0.138. The number of benzene rings is 2. The van der Waals surface area contributed by atoms with Crippen LogP contribution in [0.4, 0.5) is 5.69 Å². The van der Waals surface area contributed by atoms with Crippen molar-refractivity contribution in [3.05, 3.63) is 54.1 Å². The second-order valence-electron chi connectivity index (χ2n) is 5.10. The van der Waals surface area contributed by atoms with E-state index in [4.69, 9.17) is 0 Å². The summed E-state index contributed by atoms with van der Waals surface area (Å²) in [5.41, 5.74) is 2.88. The lowest BCUT2D eigenvalue weighted by atomic mass is 10.2. The van der Waals surface area contributed by atoms with Crippen molar-refractivity contribution >= 4 is 44.8 Å². The molecule has 0 amide bonds. The first kappa shape index (κ1) is 15.1. The molecular weight excluding hydrogens is 312 g/mol. The highest BCUT2D eigenvalue weighted by molar-refractivity contribution is 8.01. The molecule has 0 N–H and O–H groups in total. The summed E-state index contributed by atoms with van der Waals surface area (Å²) in [6.07, 6.45) is 0. The summed E-state index contributed by atoms with van der Waals surface area (Å²) in [5.74, 6) is 0.559. The lowest BCUT2D eigenvalue weighted by Crippen LogP contribution is -2.07. The summed E-state index contributed by atoms with van der Waals surface area (Å²) in [4.78, 5) is 18.8. The molecule has 1 heterocycles. The van der Waals surface area contributed by atoms with Crippen LogP contribution in [0.5, 0.6) is 0 Å². The van der Waals surface area contributed by atoms with Gasteiger partial charge in [0.05, 0.1) is 16.0 Å². The Bertz CT molecular complexity index is 797. The van der Waals surface area contributed by atoms with Gasteiger partial charge >= 0.3 is 0 Å². The normalized spacial score (nSPS) is 10.8. The monoisotopic (exact) mass is 328 g/mol. The van der Waals surface area contributed by atoms with E-state index in [0.717, 1.165) is 25.8 Å². The number of rotatable bonds is 5. The first-order chi connectivity index (χ1) is 10.6. The molecule has 0 fully saturated rings. The lowest BCUT2D eigenvalue weighted by molar-refractivity contribution is 0.102. The minimum atomic E-state index is 0.138. The Balaban J connectivity index is 1.73. The molecule has 3 nitrogen and oxygen atoms in total. The SMILES string of the molecule is CN(C)c1ccc2sc(SCC(=O)c3ccccc3)nc2c1. The average Bonchev–Trinajstić information content (AvgIpc) is 2.95. The molecule has 22 heavy (non-hydrogen) atoms. The number of ketones is 1. The van der Waals surface area contributed by atoms with Gasteiger partial charge in [0.25, 0.3) is 0 Å². The second-order valence-corrected chi connectivity index (χ2v) is 7.36. The zero-order valence-corrected chi connectivity index (χ0v) is 14.1. The van der Waals surface area contributed by atoms with Crippen LogP contribution in [0.25, 0.3) is 10.2 Å². The maximum Gasteiger partial charge on any atom is 0.173 e. The molecule has 0 unspecified atom stereocenters. The van der Waals surface area contributed by atoms with Gasteiger partial charge in [-0.1, -0.05) is 42.1 Å². The topological polar surface area (TPSA) is 33.2 Å². The standard InChI is InChI=1S/C17H16N2OS2/c1-19(2)13-8-9-16-14(10-13)18-17(22-16)21-11-15(20)12-6-4-3-5-7-12/h3-10H,11H2,1-2H3. The van der Waals surface area contributed by atoms with Gasteiger partial charge in [0.1, 0.15) is 0 Å². The summed E-state index contributed by atoms with van der Waals surface area (Å²) in [7, 11) is 4.03. The largest absolute Gasteiger partial charge is 0.378 e. The van der Waals surface area contributed by atoms with Crippen molar-refractivity contribution in [1.82, 2.24) is 4.98 Å². The highest BCUT2D eigenvalue weighted by Crippen LogP contribution is 2.31. The van der Waals surface area contributed by atoms with Gasteiger partial charge in [-0.3, -0.25) is 4.79 Å². The van der Waals surface area contributed by atoms with Gasteiger partial charge in [0.2, 0.25) is 0 Å². The van der Waals surface area contributed by atoms with Crippen LogP contribution < -0.4 is 4.90 Å². The van der Waals surface area contributed by atoms with E-state index in [1.807, 2.05) is 44.4 Å². The van der Waals surface area contributed by atoms with Gasteiger partial charge in [-0.15, -0.1) is 11.3 Å². The second kappa shape index (κ2) is 6.50. The first-order valence-corrected chi connectivity index (χ1v) is 8.72. The van der Waals surface area contributed by atoms with Gasteiger partial charge in [0, 0.05) is 25.3 Å². The summed E-state index contributed by atoms with van der Waals surface area (Å²) in [6.45, 7) is 0. The molecule has 3 aromatic rings. The molecule has 0 aliphatic carbocycles. The van der Waals surface area contributed by atoms with Crippen LogP contribution in [0, 0.1) is 0 Å². The summed E-state index contributed by atoms with van der Waals surface area (Å²) >= 11 is 3.14. The molecule has 3 rings (SSSR count). The third-order valence-electron chi connectivity index (χ3n) is 3.29. The lowest BCUT2D eigenvalue weighted by Gasteiger charge is -2.11. The summed E-state index contributed by atoms with van der Waals surface area (Å²) in [5, 5.41) is 0. The molecule has 112 valence electrons. The van der Waals surface area contributed by atoms with Gasteiger partial charge < -0.3 is 4.90 Å². The third-order valence-corrected chi connectivity index (χ3v) is 5.47. The van der Waals surface area contributed by atoms with Crippen LogP contribution in [-0.4, -0.2) is 30.6 Å². The van der Waals surface area contributed by atoms with E-state index in [1.54, 1.807) is 11.3 Å². The molecule has 0 aliphatic heterocycles. The van der Waals surface area contributed by atoms with E-state index in [0.29, 0.717) is 5.75 Å². The predicted octanol–water partition coefficient (Wildman–Crippen LogP) is 4.34. The number of hydrogen-bond donors (Lipinski definition) is 0. The molecule has 0 bridgehead atoms. The average molecular weight is 328 g/mol. The zero-order valence-electron chi connectivity index (χ0n) is 12.4. The number of fused-ring (bicyclic) bond motifs is 1. The molecule has 0 saturated carbocycles. The van der Waals surface area contributed by atoms with Crippen molar-refractivity contribution in [1.29, 1.82) is 0 Å². The van der Waals surface area contributed by atoms with E-state index in [2.05, 4.69) is 28.1 Å². The number of carbonyl (C=O) groups is 1. The number of thiazole rings is 1. The Kier molecular flexibility index (Phi) is 4.45. The van der Waals surface area contributed by atoms with Gasteiger partial charge in [0.15, 0.2) is 10.1 Å². The van der Waals surface area contributed by atoms with Gasteiger partial charge in [-0.2, -0.15) is 0 Å². The minimum Gasteiger partial charge on any atom is -0.378 e. The molecule has 0 radical (unpaired) electrons. The smallest absolute Gasteiger partial charge is 0.173 e. The predicted molar refractivity (Wildman–Crippen MR) is 95.4 cm³/mol.